The van der Waals surface area contributed by atoms with E-state index in [9.17, 15) is 13.2 Å². The molecule has 0 aliphatic carbocycles. The Kier molecular flexibility index (Phi) is 7.94. The summed E-state index contributed by atoms with van der Waals surface area (Å²) in [5, 5.41) is 1.99. The van der Waals surface area contributed by atoms with Gasteiger partial charge in [0.1, 0.15) is 16.7 Å². The molecule has 1 aliphatic heterocycles. The molecular weight excluding hydrogens is 482 g/mol. The van der Waals surface area contributed by atoms with Crippen LogP contribution in [0.3, 0.4) is 0 Å². The summed E-state index contributed by atoms with van der Waals surface area (Å²) in [6.07, 6.45) is 1.66. The maximum atomic E-state index is 13.7. The number of benzene rings is 2. The monoisotopic (exact) mass is 513 g/mol. The average Bonchev–Trinajstić information content (AvgIpc) is 3.35. The molecule has 0 N–H and O–H groups in total. The molecule has 2 atom stereocenters. The van der Waals surface area contributed by atoms with E-state index in [-0.39, 0.29) is 42.4 Å². The van der Waals surface area contributed by atoms with Crippen LogP contribution in [-0.4, -0.2) is 38.5 Å². The number of ether oxygens (including phenoxy) is 2. The van der Waals surface area contributed by atoms with Gasteiger partial charge in [0.2, 0.25) is 10.0 Å². The van der Waals surface area contributed by atoms with Gasteiger partial charge in [0.05, 0.1) is 20.1 Å². The second-order valence-corrected chi connectivity index (χ2v) is 11.7. The van der Waals surface area contributed by atoms with E-state index in [1.165, 1.54) is 11.4 Å². The number of methoxy groups -OCH3 is 1. The molecule has 1 aromatic heterocycles. The second kappa shape index (κ2) is 10.9. The Morgan fingerprint density at radius 2 is 2.00 bits per heavy atom. The number of para-hydroxylation sites is 1. The molecule has 6 nitrogen and oxygen atoms in total. The van der Waals surface area contributed by atoms with Crippen LogP contribution in [0.1, 0.15) is 53.7 Å². The fourth-order valence-corrected chi connectivity index (χ4v) is 6.88. The van der Waals surface area contributed by atoms with Gasteiger partial charge in [-0.2, -0.15) is 4.31 Å². The van der Waals surface area contributed by atoms with Gasteiger partial charge in [-0.25, -0.2) is 8.42 Å². The lowest BCUT2D eigenvalue weighted by Gasteiger charge is -2.24. The van der Waals surface area contributed by atoms with Crippen molar-refractivity contribution >= 4 is 27.3 Å². The molecule has 0 bridgehead atoms. The molecule has 186 valence electrons. The highest BCUT2D eigenvalue weighted by molar-refractivity contribution is 7.89. The van der Waals surface area contributed by atoms with E-state index in [0.717, 1.165) is 34.4 Å². The van der Waals surface area contributed by atoms with Crippen LogP contribution < -0.4 is 4.74 Å². The molecule has 35 heavy (non-hydrogen) atoms. The normalized spacial score (nSPS) is 18.2. The number of carbonyl (C=O) groups is 1. The standard InChI is InChI=1S/C27H31NO5S2/c1-4-8-22-18-28(35(30,31)26-11-6-5-9-24(26)33-22)17-21-15-20(13-12-19(21)2)23(16-27(29)32-3)25-10-7-14-34-25/h5-7,9-15,22-23H,4,8,16-18H2,1-3H3/t22-,23?/m1/s1. The predicted molar refractivity (Wildman–Crippen MR) is 137 cm³/mol. The Hall–Kier alpha value is -2.68. The molecule has 0 fully saturated rings. The molecule has 0 saturated carbocycles. The molecule has 1 aliphatic rings. The summed E-state index contributed by atoms with van der Waals surface area (Å²) in [5.74, 6) is -0.0222. The zero-order valence-corrected chi connectivity index (χ0v) is 21.9. The number of rotatable bonds is 8. The predicted octanol–water partition coefficient (Wildman–Crippen LogP) is 5.50. The minimum atomic E-state index is -3.75. The molecule has 0 amide bonds. The van der Waals surface area contributed by atoms with E-state index in [0.29, 0.717) is 5.75 Å². The van der Waals surface area contributed by atoms with Crippen molar-refractivity contribution in [1.82, 2.24) is 4.31 Å². The Balaban J connectivity index is 1.71. The summed E-state index contributed by atoms with van der Waals surface area (Å²) in [7, 11) is -2.35. The topological polar surface area (TPSA) is 72.9 Å². The fraction of sp³-hybridized carbons (Fsp3) is 0.370. The van der Waals surface area contributed by atoms with Crippen LogP contribution in [0.4, 0.5) is 0 Å². The van der Waals surface area contributed by atoms with Crippen LogP contribution >= 0.6 is 11.3 Å². The summed E-state index contributed by atoms with van der Waals surface area (Å²) in [5.41, 5.74) is 2.87. The molecular formula is C27H31NO5S2. The van der Waals surface area contributed by atoms with Gasteiger partial charge >= 0.3 is 5.97 Å². The molecule has 2 heterocycles. The van der Waals surface area contributed by atoms with E-state index < -0.39 is 10.0 Å². The number of thiophene rings is 1. The lowest BCUT2D eigenvalue weighted by molar-refractivity contribution is -0.140. The van der Waals surface area contributed by atoms with Crippen molar-refractivity contribution in [1.29, 1.82) is 0 Å². The van der Waals surface area contributed by atoms with Gasteiger partial charge in [-0.1, -0.05) is 49.7 Å². The number of hydrogen-bond donors (Lipinski definition) is 0. The Morgan fingerprint density at radius 1 is 1.20 bits per heavy atom. The van der Waals surface area contributed by atoms with Crippen LogP contribution in [0.15, 0.2) is 64.9 Å². The Bertz CT molecular complexity index is 1270. The summed E-state index contributed by atoms with van der Waals surface area (Å²) in [4.78, 5) is 13.4. The minimum Gasteiger partial charge on any atom is -0.488 e. The third-order valence-corrected chi connectivity index (χ3v) is 9.22. The van der Waals surface area contributed by atoms with Crippen LogP contribution in [0, 0.1) is 6.92 Å². The highest BCUT2D eigenvalue weighted by Crippen LogP contribution is 2.35. The smallest absolute Gasteiger partial charge is 0.306 e. The molecule has 0 spiro atoms. The van der Waals surface area contributed by atoms with E-state index in [1.807, 2.05) is 42.6 Å². The van der Waals surface area contributed by atoms with Gasteiger partial charge < -0.3 is 9.47 Å². The van der Waals surface area contributed by atoms with Crippen molar-refractivity contribution in [2.45, 2.75) is 56.6 Å². The van der Waals surface area contributed by atoms with Gasteiger partial charge in [0.15, 0.2) is 0 Å². The highest BCUT2D eigenvalue weighted by atomic mass is 32.2. The van der Waals surface area contributed by atoms with Gasteiger partial charge in [-0.05, 0) is 53.6 Å². The van der Waals surface area contributed by atoms with Gasteiger partial charge in [0, 0.05) is 17.3 Å². The SMILES string of the molecule is CCC[C@@H]1CN(Cc2cc(C(CC(=O)OC)c3cccs3)ccc2C)S(=O)(=O)c2ccccc2O1. The van der Waals surface area contributed by atoms with Crippen molar-refractivity contribution in [3.8, 4) is 5.75 Å². The van der Waals surface area contributed by atoms with Crippen LogP contribution in [0.25, 0.3) is 0 Å². The van der Waals surface area contributed by atoms with E-state index in [4.69, 9.17) is 9.47 Å². The van der Waals surface area contributed by atoms with Gasteiger partial charge in [-0.3, -0.25) is 4.79 Å². The zero-order chi connectivity index (χ0) is 25.0. The fourth-order valence-electron chi connectivity index (χ4n) is 4.45. The van der Waals surface area contributed by atoms with Gasteiger partial charge in [0.25, 0.3) is 0 Å². The number of aryl methyl sites for hydroxylation is 1. The van der Waals surface area contributed by atoms with E-state index in [1.54, 1.807) is 35.6 Å². The van der Waals surface area contributed by atoms with E-state index in [2.05, 4.69) is 6.92 Å². The first-order valence-electron chi connectivity index (χ1n) is 11.8. The molecule has 2 aromatic carbocycles. The number of fused-ring (bicyclic) bond motifs is 1. The largest absolute Gasteiger partial charge is 0.488 e. The maximum absolute atomic E-state index is 13.7. The van der Waals surface area contributed by atoms with Crippen LogP contribution in [0.2, 0.25) is 0 Å². The molecule has 3 aromatic rings. The summed E-state index contributed by atoms with van der Waals surface area (Å²) in [6, 6.07) is 16.9. The maximum Gasteiger partial charge on any atom is 0.306 e. The number of nitrogens with zero attached hydrogens (tertiary/aromatic N) is 1. The van der Waals surface area contributed by atoms with Crippen molar-refractivity contribution in [2.24, 2.45) is 0 Å². The lowest BCUT2D eigenvalue weighted by Crippen LogP contribution is -2.36. The third-order valence-electron chi connectivity index (χ3n) is 6.39. The van der Waals surface area contributed by atoms with E-state index >= 15 is 0 Å². The average molecular weight is 514 g/mol. The van der Waals surface area contributed by atoms with Crippen LogP contribution in [0.5, 0.6) is 5.75 Å². The summed E-state index contributed by atoms with van der Waals surface area (Å²) in [6.45, 7) is 4.57. The number of hydrogen-bond acceptors (Lipinski definition) is 6. The molecule has 8 heteroatoms. The van der Waals surface area contributed by atoms with Crippen molar-refractivity contribution in [3.05, 3.63) is 81.5 Å². The Morgan fingerprint density at radius 3 is 2.71 bits per heavy atom. The first kappa shape index (κ1) is 25.4. The zero-order valence-electron chi connectivity index (χ0n) is 20.3. The van der Waals surface area contributed by atoms with Crippen LogP contribution in [-0.2, 0) is 26.1 Å². The number of sulfonamides is 1. The Labute approximate surface area is 211 Å². The number of carbonyl (C=O) groups excluding carboxylic acids is 1. The highest BCUT2D eigenvalue weighted by Gasteiger charge is 2.34. The number of esters is 1. The van der Waals surface area contributed by atoms with Crippen molar-refractivity contribution in [2.75, 3.05) is 13.7 Å². The quantitative estimate of drug-likeness (QED) is 0.372. The first-order chi connectivity index (χ1) is 16.8. The minimum absolute atomic E-state index is 0.153. The molecule has 4 rings (SSSR count). The third kappa shape index (κ3) is 5.60. The molecule has 0 radical (unpaired) electrons. The molecule has 0 saturated heterocycles. The van der Waals surface area contributed by atoms with Crippen molar-refractivity contribution in [3.63, 3.8) is 0 Å². The van der Waals surface area contributed by atoms with Crippen molar-refractivity contribution < 1.29 is 22.7 Å². The molecule has 1 unspecified atom stereocenters. The lowest BCUT2D eigenvalue weighted by atomic mass is 9.91. The van der Waals surface area contributed by atoms with Gasteiger partial charge in [-0.15, -0.1) is 11.3 Å². The summed E-state index contributed by atoms with van der Waals surface area (Å²) >= 11 is 1.59. The first-order valence-corrected chi connectivity index (χ1v) is 14.1. The second-order valence-electron chi connectivity index (χ2n) is 8.81. The summed E-state index contributed by atoms with van der Waals surface area (Å²) < 4.78 is 39.9.